The summed E-state index contributed by atoms with van der Waals surface area (Å²) in [7, 11) is 0. The molecule has 0 aliphatic heterocycles. The highest BCUT2D eigenvalue weighted by atomic mass is 127. The first kappa shape index (κ1) is 7.25. The van der Waals surface area contributed by atoms with E-state index in [0.29, 0.717) is 3.92 Å². The molecule has 0 aromatic rings. The summed E-state index contributed by atoms with van der Waals surface area (Å²) in [5.74, 6) is -2.58. The third-order valence-electron chi connectivity index (χ3n) is 2.88. The maximum absolute atomic E-state index is 12.7. The van der Waals surface area contributed by atoms with Gasteiger partial charge in [0.2, 0.25) is 0 Å². The van der Waals surface area contributed by atoms with Crippen molar-refractivity contribution in [3.05, 3.63) is 0 Å². The second-order valence-corrected chi connectivity index (χ2v) is 5.02. The van der Waals surface area contributed by atoms with Crippen molar-refractivity contribution in [1.82, 2.24) is 0 Å². The molecule has 2 aliphatic carbocycles. The Kier molecular flexibility index (Phi) is 1.34. The number of hydrogen-bond acceptors (Lipinski definition) is 0. The molecular formula is C7H9F2I. The predicted octanol–water partition coefficient (Wildman–Crippen LogP) is 2.71. The molecule has 3 heteroatoms. The number of halogens is 3. The van der Waals surface area contributed by atoms with Gasteiger partial charge in [0, 0.05) is 15.8 Å². The Bertz CT molecular complexity index is 167. The second-order valence-electron chi connectivity index (χ2n) is 3.42. The van der Waals surface area contributed by atoms with Crippen LogP contribution in [0.5, 0.6) is 0 Å². The SMILES string of the molecule is C[C@H]1C(I)CC2C1C2(F)F. The fraction of sp³-hybridized carbons (Fsp3) is 1.00. The Labute approximate surface area is 72.5 Å². The van der Waals surface area contributed by atoms with E-state index in [4.69, 9.17) is 0 Å². The van der Waals surface area contributed by atoms with Crippen molar-refractivity contribution in [1.29, 1.82) is 0 Å². The van der Waals surface area contributed by atoms with E-state index in [2.05, 4.69) is 22.6 Å². The Morgan fingerprint density at radius 3 is 2.40 bits per heavy atom. The van der Waals surface area contributed by atoms with Crippen LogP contribution in [0, 0.1) is 17.8 Å². The van der Waals surface area contributed by atoms with Gasteiger partial charge in [-0.25, -0.2) is 8.78 Å². The van der Waals surface area contributed by atoms with Gasteiger partial charge in [-0.15, -0.1) is 0 Å². The molecule has 3 unspecified atom stereocenters. The van der Waals surface area contributed by atoms with Crippen molar-refractivity contribution in [2.75, 3.05) is 0 Å². The van der Waals surface area contributed by atoms with Crippen molar-refractivity contribution in [2.45, 2.75) is 23.2 Å². The van der Waals surface area contributed by atoms with E-state index in [0.717, 1.165) is 6.42 Å². The topological polar surface area (TPSA) is 0 Å². The lowest BCUT2D eigenvalue weighted by molar-refractivity contribution is 0.0643. The molecule has 0 aromatic heterocycles. The molecule has 0 nitrogen and oxygen atoms in total. The van der Waals surface area contributed by atoms with E-state index in [9.17, 15) is 8.78 Å². The standard InChI is InChI=1S/C7H9F2I/c1-3-5(10)2-4-6(3)7(4,8)9/h3-6H,2H2,1H3/t3-,4?,5?,6?/m0/s1. The van der Waals surface area contributed by atoms with Crippen LogP contribution >= 0.6 is 22.6 Å². The third-order valence-corrected chi connectivity index (χ3v) is 4.52. The summed E-state index contributed by atoms with van der Waals surface area (Å²) in [6, 6.07) is 0. The maximum Gasteiger partial charge on any atom is 0.254 e. The first-order valence-electron chi connectivity index (χ1n) is 3.57. The van der Waals surface area contributed by atoms with E-state index in [1.54, 1.807) is 0 Å². The van der Waals surface area contributed by atoms with Gasteiger partial charge in [-0.05, 0) is 12.3 Å². The lowest BCUT2D eigenvalue weighted by Gasteiger charge is -2.13. The van der Waals surface area contributed by atoms with Crippen LogP contribution in [0.2, 0.25) is 0 Å². The summed E-state index contributed by atoms with van der Waals surface area (Å²) in [6.07, 6.45) is 0.736. The average molecular weight is 258 g/mol. The molecule has 0 heterocycles. The van der Waals surface area contributed by atoms with Gasteiger partial charge in [0.1, 0.15) is 0 Å². The minimum absolute atomic E-state index is 0.237. The monoisotopic (exact) mass is 258 g/mol. The molecule has 58 valence electrons. The highest BCUT2D eigenvalue weighted by Gasteiger charge is 2.73. The van der Waals surface area contributed by atoms with Gasteiger partial charge < -0.3 is 0 Å². The fourth-order valence-corrected chi connectivity index (χ4v) is 3.11. The molecule has 2 aliphatic rings. The number of fused-ring (bicyclic) bond motifs is 1. The summed E-state index contributed by atoms with van der Waals surface area (Å²) in [5, 5.41) is 0. The van der Waals surface area contributed by atoms with Crippen LogP contribution in [0.1, 0.15) is 13.3 Å². The molecule has 2 rings (SSSR count). The lowest BCUT2D eigenvalue weighted by atomic mass is 10.1. The summed E-state index contributed by atoms with van der Waals surface area (Å²) < 4.78 is 25.8. The molecule has 4 atom stereocenters. The minimum atomic E-state index is -2.29. The van der Waals surface area contributed by atoms with Crippen molar-refractivity contribution in [3.63, 3.8) is 0 Å². The van der Waals surface area contributed by atoms with Crippen LogP contribution in [-0.2, 0) is 0 Å². The van der Waals surface area contributed by atoms with Crippen LogP contribution in [0.3, 0.4) is 0 Å². The molecule has 2 fully saturated rings. The van der Waals surface area contributed by atoms with Gasteiger partial charge in [0.05, 0.1) is 0 Å². The van der Waals surface area contributed by atoms with Gasteiger partial charge >= 0.3 is 0 Å². The highest BCUT2D eigenvalue weighted by Crippen LogP contribution is 2.67. The molecule has 10 heavy (non-hydrogen) atoms. The van der Waals surface area contributed by atoms with E-state index in [-0.39, 0.29) is 17.8 Å². The van der Waals surface area contributed by atoms with Crippen molar-refractivity contribution >= 4 is 22.6 Å². The minimum Gasteiger partial charge on any atom is -0.206 e. The van der Waals surface area contributed by atoms with E-state index < -0.39 is 5.92 Å². The zero-order valence-electron chi connectivity index (χ0n) is 5.65. The maximum atomic E-state index is 12.7. The molecular weight excluding hydrogens is 249 g/mol. The van der Waals surface area contributed by atoms with Crippen LogP contribution in [0.4, 0.5) is 8.78 Å². The quantitative estimate of drug-likeness (QED) is 0.463. The Morgan fingerprint density at radius 1 is 1.50 bits per heavy atom. The smallest absolute Gasteiger partial charge is 0.206 e. The Morgan fingerprint density at radius 2 is 2.10 bits per heavy atom. The third kappa shape index (κ3) is 0.700. The molecule has 0 N–H and O–H groups in total. The van der Waals surface area contributed by atoms with Crippen LogP contribution in [0.15, 0.2) is 0 Å². The van der Waals surface area contributed by atoms with E-state index in [1.165, 1.54) is 0 Å². The van der Waals surface area contributed by atoms with Crippen molar-refractivity contribution < 1.29 is 8.78 Å². The molecule has 0 bridgehead atoms. The van der Waals surface area contributed by atoms with E-state index >= 15 is 0 Å². The fourth-order valence-electron chi connectivity index (χ4n) is 2.12. The molecule has 2 saturated carbocycles. The number of hydrogen-bond donors (Lipinski definition) is 0. The van der Waals surface area contributed by atoms with Gasteiger partial charge in [-0.3, -0.25) is 0 Å². The lowest BCUT2D eigenvalue weighted by Crippen LogP contribution is -2.15. The van der Waals surface area contributed by atoms with Crippen LogP contribution in [-0.4, -0.2) is 9.85 Å². The molecule has 0 aromatic carbocycles. The van der Waals surface area contributed by atoms with Crippen LogP contribution < -0.4 is 0 Å². The number of rotatable bonds is 0. The Balaban J connectivity index is 2.13. The van der Waals surface area contributed by atoms with Gasteiger partial charge in [-0.2, -0.15) is 0 Å². The van der Waals surface area contributed by atoms with Crippen LogP contribution in [0.25, 0.3) is 0 Å². The highest BCUT2D eigenvalue weighted by molar-refractivity contribution is 14.1. The summed E-state index contributed by atoms with van der Waals surface area (Å²) >= 11 is 2.29. The molecule has 0 saturated heterocycles. The zero-order chi connectivity index (χ0) is 7.52. The predicted molar refractivity (Wildman–Crippen MR) is 43.5 cm³/mol. The zero-order valence-corrected chi connectivity index (χ0v) is 7.81. The van der Waals surface area contributed by atoms with Crippen molar-refractivity contribution in [2.24, 2.45) is 17.8 Å². The number of alkyl halides is 3. The van der Waals surface area contributed by atoms with Gasteiger partial charge in [0.15, 0.2) is 0 Å². The van der Waals surface area contributed by atoms with E-state index in [1.807, 2.05) is 6.92 Å². The summed E-state index contributed by atoms with van der Waals surface area (Å²) in [4.78, 5) is 0. The summed E-state index contributed by atoms with van der Waals surface area (Å²) in [5.41, 5.74) is 0. The first-order chi connectivity index (χ1) is 4.55. The second kappa shape index (κ2) is 1.84. The molecule has 0 spiro atoms. The van der Waals surface area contributed by atoms with Crippen molar-refractivity contribution in [3.8, 4) is 0 Å². The average Bonchev–Trinajstić information content (AvgIpc) is 2.12. The Hall–Kier alpha value is 0.590. The summed E-state index contributed by atoms with van der Waals surface area (Å²) in [6.45, 7) is 1.95. The molecule has 0 amide bonds. The normalized spacial score (nSPS) is 56.4. The van der Waals surface area contributed by atoms with Gasteiger partial charge in [0.25, 0.3) is 5.92 Å². The molecule has 0 radical (unpaired) electrons. The largest absolute Gasteiger partial charge is 0.254 e. The van der Waals surface area contributed by atoms with Gasteiger partial charge in [-0.1, -0.05) is 29.5 Å². The first-order valence-corrected chi connectivity index (χ1v) is 4.81.